The summed E-state index contributed by atoms with van der Waals surface area (Å²) >= 11 is 11.0. The number of hydrogen-bond acceptors (Lipinski definition) is 2. The van der Waals surface area contributed by atoms with Crippen LogP contribution in [0.2, 0.25) is 5.02 Å². The van der Waals surface area contributed by atoms with E-state index in [4.69, 9.17) is 27.9 Å². The molecule has 0 spiro atoms. The lowest BCUT2D eigenvalue weighted by atomic mass is 10.2. The summed E-state index contributed by atoms with van der Waals surface area (Å²) in [5.74, 6) is -0.478. The van der Waals surface area contributed by atoms with Gasteiger partial charge in [-0.15, -0.1) is 11.6 Å². The van der Waals surface area contributed by atoms with Crippen LogP contribution in [-0.2, 0) is 4.74 Å². The predicted octanol–water partition coefficient (Wildman–Crippen LogP) is 2.85. The second-order valence-corrected chi connectivity index (χ2v) is 4.32. The number of carbonyl (C=O) groups excluding carboxylic acids is 1. The average Bonchev–Trinajstić information content (AvgIpc) is 2.36. The Balaban J connectivity index is 2.30. The molecule has 3 nitrogen and oxygen atoms in total. The monoisotopic (exact) mass is 293 g/mol. The van der Waals surface area contributed by atoms with E-state index in [-0.39, 0.29) is 16.5 Å². The van der Waals surface area contributed by atoms with E-state index in [2.05, 4.69) is 5.32 Å². The molecule has 0 aliphatic heterocycles. The van der Waals surface area contributed by atoms with Gasteiger partial charge in [0.05, 0.1) is 11.6 Å². The maximum absolute atomic E-state index is 13.1. The molecule has 0 aliphatic carbocycles. The van der Waals surface area contributed by atoms with Crippen molar-refractivity contribution in [2.24, 2.45) is 0 Å². The second kappa shape index (κ2) is 8.29. The number of ether oxygens (including phenoxy) is 1. The Hall–Kier alpha value is -0.840. The second-order valence-electron chi connectivity index (χ2n) is 3.54. The minimum atomic E-state index is -0.602. The van der Waals surface area contributed by atoms with Gasteiger partial charge in [0.1, 0.15) is 5.82 Å². The molecule has 0 aliphatic rings. The van der Waals surface area contributed by atoms with Crippen molar-refractivity contribution in [3.8, 4) is 0 Å². The Morgan fingerprint density at radius 1 is 1.39 bits per heavy atom. The van der Waals surface area contributed by atoms with Crippen molar-refractivity contribution in [1.82, 2.24) is 5.32 Å². The van der Waals surface area contributed by atoms with Crippen LogP contribution < -0.4 is 5.32 Å². The van der Waals surface area contributed by atoms with Crippen LogP contribution in [0, 0.1) is 5.82 Å². The Bertz CT molecular complexity index is 402. The van der Waals surface area contributed by atoms with Crippen LogP contribution in [0.5, 0.6) is 0 Å². The first kappa shape index (κ1) is 15.2. The highest BCUT2D eigenvalue weighted by Gasteiger charge is 2.07. The largest absolute Gasteiger partial charge is 0.380 e. The molecule has 100 valence electrons. The van der Waals surface area contributed by atoms with Crippen molar-refractivity contribution in [2.75, 3.05) is 25.6 Å². The van der Waals surface area contributed by atoms with E-state index in [1.807, 2.05) is 0 Å². The molecular formula is C12H14Cl2FNO2. The fourth-order valence-electron chi connectivity index (χ4n) is 1.27. The lowest BCUT2D eigenvalue weighted by Crippen LogP contribution is -2.25. The average molecular weight is 294 g/mol. The Morgan fingerprint density at radius 2 is 2.17 bits per heavy atom. The van der Waals surface area contributed by atoms with Gasteiger partial charge in [0.15, 0.2) is 0 Å². The molecule has 0 saturated heterocycles. The van der Waals surface area contributed by atoms with Crippen molar-refractivity contribution < 1.29 is 13.9 Å². The number of hydrogen-bond donors (Lipinski definition) is 1. The van der Waals surface area contributed by atoms with Gasteiger partial charge >= 0.3 is 0 Å². The number of halogens is 3. The predicted molar refractivity (Wildman–Crippen MR) is 69.9 cm³/mol. The molecule has 1 N–H and O–H groups in total. The third-order valence-corrected chi connectivity index (χ3v) is 2.62. The normalized spacial score (nSPS) is 10.4. The number of benzene rings is 1. The lowest BCUT2D eigenvalue weighted by Gasteiger charge is -2.06. The molecule has 18 heavy (non-hydrogen) atoms. The van der Waals surface area contributed by atoms with Crippen molar-refractivity contribution in [2.45, 2.75) is 6.42 Å². The lowest BCUT2D eigenvalue weighted by molar-refractivity contribution is 0.0944. The van der Waals surface area contributed by atoms with E-state index in [0.717, 1.165) is 6.07 Å². The van der Waals surface area contributed by atoms with E-state index < -0.39 is 5.82 Å². The van der Waals surface area contributed by atoms with Gasteiger partial charge in [0.2, 0.25) is 0 Å². The molecule has 0 bridgehead atoms. The highest BCUT2D eigenvalue weighted by Crippen LogP contribution is 2.15. The molecule has 0 unspecified atom stereocenters. The van der Waals surface area contributed by atoms with Gasteiger partial charge in [0, 0.05) is 24.6 Å². The van der Waals surface area contributed by atoms with Gasteiger partial charge in [0.25, 0.3) is 5.91 Å². The summed E-state index contributed by atoms with van der Waals surface area (Å²) in [5, 5.41) is 2.66. The standard InChI is InChI=1S/C12H14Cl2FNO2/c13-4-7-18-6-1-5-16-12(17)9-2-3-10(14)11(15)8-9/h2-3,8H,1,4-7H2,(H,16,17). The van der Waals surface area contributed by atoms with Crippen LogP contribution in [0.3, 0.4) is 0 Å². The van der Waals surface area contributed by atoms with Crippen LogP contribution in [-0.4, -0.2) is 31.5 Å². The van der Waals surface area contributed by atoms with Gasteiger partial charge in [-0.1, -0.05) is 11.6 Å². The van der Waals surface area contributed by atoms with Crippen LogP contribution in [0.1, 0.15) is 16.8 Å². The fourth-order valence-corrected chi connectivity index (χ4v) is 1.50. The number of rotatable bonds is 7. The van der Waals surface area contributed by atoms with Crippen molar-refractivity contribution in [3.63, 3.8) is 0 Å². The molecule has 0 saturated carbocycles. The summed E-state index contributed by atoms with van der Waals surface area (Å²) in [6.07, 6.45) is 0.679. The summed E-state index contributed by atoms with van der Waals surface area (Å²) in [7, 11) is 0. The summed E-state index contributed by atoms with van der Waals surface area (Å²) in [6, 6.07) is 3.95. The smallest absolute Gasteiger partial charge is 0.251 e. The first-order chi connectivity index (χ1) is 8.65. The molecule has 0 radical (unpaired) electrons. The highest BCUT2D eigenvalue weighted by atomic mass is 35.5. The molecule has 6 heteroatoms. The zero-order valence-corrected chi connectivity index (χ0v) is 11.2. The number of amides is 1. The van der Waals surface area contributed by atoms with Gasteiger partial charge in [-0.25, -0.2) is 4.39 Å². The third kappa shape index (κ3) is 5.21. The highest BCUT2D eigenvalue weighted by molar-refractivity contribution is 6.30. The summed E-state index contributed by atoms with van der Waals surface area (Å²) in [6.45, 7) is 1.49. The van der Waals surface area contributed by atoms with Gasteiger partial charge < -0.3 is 10.1 Å². The van der Waals surface area contributed by atoms with Crippen LogP contribution in [0.4, 0.5) is 4.39 Å². The molecule has 0 fully saturated rings. The van der Waals surface area contributed by atoms with E-state index in [9.17, 15) is 9.18 Å². The number of carbonyl (C=O) groups is 1. The van der Waals surface area contributed by atoms with Crippen molar-refractivity contribution in [1.29, 1.82) is 0 Å². The topological polar surface area (TPSA) is 38.3 Å². The molecule has 1 aromatic rings. The Kier molecular flexibility index (Phi) is 7.01. The van der Waals surface area contributed by atoms with Crippen molar-refractivity contribution >= 4 is 29.1 Å². The summed E-state index contributed by atoms with van der Waals surface area (Å²) in [5.41, 5.74) is 0.249. The molecule has 1 rings (SSSR count). The van der Waals surface area contributed by atoms with Crippen LogP contribution >= 0.6 is 23.2 Å². The minimum absolute atomic E-state index is 0.000949. The quantitative estimate of drug-likeness (QED) is 0.620. The molecule has 1 amide bonds. The van der Waals surface area contributed by atoms with Crippen molar-refractivity contribution in [3.05, 3.63) is 34.6 Å². The third-order valence-electron chi connectivity index (χ3n) is 2.15. The van der Waals surface area contributed by atoms with E-state index in [1.54, 1.807) is 0 Å². The zero-order valence-electron chi connectivity index (χ0n) is 9.72. The molecule has 1 aromatic carbocycles. The Morgan fingerprint density at radius 3 is 2.83 bits per heavy atom. The maximum atomic E-state index is 13.1. The van der Waals surface area contributed by atoms with Gasteiger partial charge in [-0.3, -0.25) is 4.79 Å². The minimum Gasteiger partial charge on any atom is -0.380 e. The van der Waals surface area contributed by atoms with Gasteiger partial charge in [-0.2, -0.15) is 0 Å². The summed E-state index contributed by atoms with van der Waals surface area (Å²) in [4.78, 5) is 11.6. The SMILES string of the molecule is O=C(NCCCOCCCl)c1ccc(Cl)c(F)c1. The first-order valence-electron chi connectivity index (χ1n) is 5.52. The van der Waals surface area contributed by atoms with E-state index >= 15 is 0 Å². The fraction of sp³-hybridized carbons (Fsp3) is 0.417. The molecule has 0 atom stereocenters. The Labute approximate surface area is 115 Å². The molecule has 0 heterocycles. The van der Waals surface area contributed by atoms with Crippen LogP contribution in [0.25, 0.3) is 0 Å². The maximum Gasteiger partial charge on any atom is 0.251 e. The number of nitrogens with one attached hydrogen (secondary N) is 1. The number of alkyl halides is 1. The molecular weight excluding hydrogens is 280 g/mol. The zero-order chi connectivity index (χ0) is 13.4. The van der Waals surface area contributed by atoms with Gasteiger partial charge in [-0.05, 0) is 24.6 Å². The summed E-state index contributed by atoms with van der Waals surface area (Å²) < 4.78 is 18.3. The first-order valence-corrected chi connectivity index (χ1v) is 6.43. The molecule has 0 aromatic heterocycles. The van der Waals surface area contributed by atoms with E-state index in [0.29, 0.717) is 32.1 Å². The van der Waals surface area contributed by atoms with E-state index in [1.165, 1.54) is 12.1 Å². The van der Waals surface area contributed by atoms with Crippen LogP contribution in [0.15, 0.2) is 18.2 Å².